The van der Waals surface area contributed by atoms with E-state index in [0.717, 1.165) is 28.7 Å². The number of nitrogens with zero attached hydrogens (tertiary/aromatic N) is 1. The third-order valence-electron chi connectivity index (χ3n) is 4.14. The summed E-state index contributed by atoms with van der Waals surface area (Å²) in [5.74, 6) is 0. The smallest absolute Gasteiger partial charge is 0.107 e. The number of benzene rings is 1. The Kier molecular flexibility index (Phi) is 4.19. The van der Waals surface area contributed by atoms with E-state index in [1.807, 2.05) is 0 Å². The number of thiocarbonyl (C=S) groups is 1. The van der Waals surface area contributed by atoms with Crippen LogP contribution in [0.3, 0.4) is 0 Å². The number of hydrogen-bond acceptors (Lipinski definition) is 4. The lowest BCUT2D eigenvalue weighted by atomic mass is 10.1. The largest absolute Gasteiger partial charge is 0.389 e. The molecule has 108 valence electrons. The quantitative estimate of drug-likeness (QED) is 0.646. The van der Waals surface area contributed by atoms with E-state index in [1.54, 1.807) is 11.8 Å². The zero-order chi connectivity index (χ0) is 14.1. The summed E-state index contributed by atoms with van der Waals surface area (Å²) < 4.78 is 0. The molecule has 0 radical (unpaired) electrons. The van der Waals surface area contributed by atoms with Crippen LogP contribution in [-0.2, 0) is 0 Å². The average molecular weight is 307 g/mol. The third-order valence-corrected chi connectivity index (χ3v) is 5.12. The molecule has 2 aliphatic rings. The molecule has 1 aliphatic heterocycles. The molecule has 2 fully saturated rings. The number of likely N-dealkylation sites (tertiary alicyclic amines) is 1. The summed E-state index contributed by atoms with van der Waals surface area (Å²) in [5, 5.41) is 3.66. The van der Waals surface area contributed by atoms with Gasteiger partial charge in [0.25, 0.3) is 0 Å². The van der Waals surface area contributed by atoms with Gasteiger partial charge in [0.05, 0.1) is 0 Å². The highest BCUT2D eigenvalue weighted by atomic mass is 32.2. The summed E-state index contributed by atoms with van der Waals surface area (Å²) in [4.78, 5) is 4.24. The minimum Gasteiger partial charge on any atom is -0.389 e. The van der Waals surface area contributed by atoms with E-state index < -0.39 is 0 Å². The van der Waals surface area contributed by atoms with Gasteiger partial charge in [0.1, 0.15) is 4.99 Å². The molecule has 1 aromatic rings. The van der Waals surface area contributed by atoms with Crippen molar-refractivity contribution in [3.05, 3.63) is 23.8 Å². The van der Waals surface area contributed by atoms with Gasteiger partial charge in [0, 0.05) is 41.3 Å². The number of nitrogens with two attached hydrogens (primary N) is 1. The second-order valence-electron chi connectivity index (χ2n) is 5.60. The minimum atomic E-state index is 0.481. The number of anilines is 1. The highest BCUT2D eigenvalue weighted by Gasteiger charge is 2.34. The maximum absolute atomic E-state index is 5.92. The van der Waals surface area contributed by atoms with Crippen molar-refractivity contribution in [3.63, 3.8) is 0 Å². The predicted molar refractivity (Wildman–Crippen MR) is 90.7 cm³/mol. The van der Waals surface area contributed by atoms with Crippen LogP contribution in [-0.4, -0.2) is 41.3 Å². The molecular weight excluding hydrogens is 286 g/mol. The van der Waals surface area contributed by atoms with Crippen molar-refractivity contribution in [2.75, 3.05) is 24.7 Å². The van der Waals surface area contributed by atoms with Crippen molar-refractivity contribution in [1.29, 1.82) is 0 Å². The van der Waals surface area contributed by atoms with Gasteiger partial charge >= 0.3 is 0 Å². The molecule has 1 saturated carbocycles. The van der Waals surface area contributed by atoms with Crippen molar-refractivity contribution in [2.24, 2.45) is 5.73 Å². The molecule has 1 aliphatic carbocycles. The van der Waals surface area contributed by atoms with Crippen LogP contribution in [0.4, 0.5) is 5.69 Å². The SMILES string of the molecule is CSc1cccc(NC2CCN(C3CC3)C2)c1C(N)=S. The van der Waals surface area contributed by atoms with Crippen LogP contribution >= 0.6 is 24.0 Å². The molecule has 1 unspecified atom stereocenters. The fourth-order valence-corrected chi connectivity index (χ4v) is 3.90. The normalized spacial score (nSPS) is 22.9. The Morgan fingerprint density at radius 1 is 1.40 bits per heavy atom. The van der Waals surface area contributed by atoms with E-state index in [0.29, 0.717) is 11.0 Å². The summed E-state index contributed by atoms with van der Waals surface area (Å²) in [5.41, 5.74) is 8.01. The van der Waals surface area contributed by atoms with Crippen LogP contribution < -0.4 is 11.1 Å². The molecule has 20 heavy (non-hydrogen) atoms. The summed E-state index contributed by atoms with van der Waals surface area (Å²) in [7, 11) is 0. The van der Waals surface area contributed by atoms with Gasteiger partial charge in [-0.05, 0) is 37.7 Å². The van der Waals surface area contributed by atoms with Gasteiger partial charge in [-0.2, -0.15) is 0 Å². The Labute approximate surface area is 130 Å². The standard InChI is InChI=1S/C15H21N3S2/c1-20-13-4-2-3-12(14(13)15(16)19)17-10-7-8-18(9-10)11-5-6-11/h2-4,10-11,17H,5-9H2,1H3,(H2,16,19). The second-order valence-corrected chi connectivity index (χ2v) is 6.89. The molecule has 0 bridgehead atoms. The molecular formula is C15H21N3S2. The first-order valence-electron chi connectivity index (χ1n) is 7.16. The maximum Gasteiger partial charge on any atom is 0.107 e. The Bertz CT molecular complexity index is 514. The maximum atomic E-state index is 5.92. The fraction of sp³-hybridized carbons (Fsp3) is 0.533. The lowest BCUT2D eigenvalue weighted by Crippen LogP contribution is -2.28. The number of hydrogen-bond donors (Lipinski definition) is 2. The van der Waals surface area contributed by atoms with Crippen molar-refractivity contribution in [1.82, 2.24) is 4.90 Å². The number of thioether (sulfide) groups is 1. The van der Waals surface area contributed by atoms with E-state index in [2.05, 4.69) is 34.7 Å². The monoisotopic (exact) mass is 307 g/mol. The Balaban J connectivity index is 1.75. The first kappa shape index (κ1) is 14.2. The van der Waals surface area contributed by atoms with Gasteiger partial charge in [-0.15, -0.1) is 11.8 Å². The average Bonchev–Trinajstić information content (AvgIpc) is 3.19. The van der Waals surface area contributed by atoms with Crippen LogP contribution in [0.25, 0.3) is 0 Å². The van der Waals surface area contributed by atoms with Gasteiger partial charge in [-0.25, -0.2) is 0 Å². The van der Waals surface area contributed by atoms with E-state index in [4.69, 9.17) is 18.0 Å². The predicted octanol–water partition coefficient (Wildman–Crippen LogP) is 2.69. The Hall–Kier alpha value is -0.780. The summed E-state index contributed by atoms with van der Waals surface area (Å²) in [6, 6.07) is 7.61. The highest BCUT2D eigenvalue weighted by molar-refractivity contribution is 7.98. The molecule has 3 rings (SSSR count). The summed E-state index contributed by atoms with van der Waals surface area (Å²) >= 11 is 6.93. The van der Waals surface area contributed by atoms with E-state index in [-0.39, 0.29) is 0 Å². The van der Waals surface area contributed by atoms with Crippen molar-refractivity contribution in [2.45, 2.75) is 36.2 Å². The second kappa shape index (κ2) is 5.92. The molecule has 3 nitrogen and oxygen atoms in total. The number of nitrogens with one attached hydrogen (secondary N) is 1. The molecule has 1 saturated heterocycles. The molecule has 5 heteroatoms. The van der Waals surface area contributed by atoms with Crippen LogP contribution in [0, 0.1) is 0 Å². The molecule has 1 heterocycles. The molecule has 1 aromatic carbocycles. The van der Waals surface area contributed by atoms with Crippen LogP contribution in [0.15, 0.2) is 23.1 Å². The third kappa shape index (κ3) is 2.95. The Morgan fingerprint density at radius 2 is 2.20 bits per heavy atom. The lowest BCUT2D eigenvalue weighted by molar-refractivity contribution is 0.326. The summed E-state index contributed by atoms with van der Waals surface area (Å²) in [6.07, 6.45) is 6.03. The van der Waals surface area contributed by atoms with E-state index in [1.165, 1.54) is 25.8 Å². The van der Waals surface area contributed by atoms with Crippen molar-refractivity contribution >= 4 is 34.7 Å². The molecule has 3 N–H and O–H groups in total. The molecule has 0 aromatic heterocycles. The van der Waals surface area contributed by atoms with Gasteiger partial charge in [0.15, 0.2) is 0 Å². The van der Waals surface area contributed by atoms with Gasteiger partial charge in [-0.1, -0.05) is 18.3 Å². The fourth-order valence-electron chi connectivity index (χ4n) is 2.97. The minimum absolute atomic E-state index is 0.481. The first-order valence-corrected chi connectivity index (χ1v) is 8.79. The number of rotatable bonds is 5. The van der Waals surface area contributed by atoms with Gasteiger partial charge < -0.3 is 11.1 Å². The van der Waals surface area contributed by atoms with Crippen LogP contribution in [0.1, 0.15) is 24.8 Å². The van der Waals surface area contributed by atoms with Crippen molar-refractivity contribution in [3.8, 4) is 0 Å². The van der Waals surface area contributed by atoms with E-state index in [9.17, 15) is 0 Å². The van der Waals surface area contributed by atoms with Gasteiger partial charge in [-0.3, -0.25) is 4.90 Å². The van der Waals surface area contributed by atoms with Crippen LogP contribution in [0.5, 0.6) is 0 Å². The van der Waals surface area contributed by atoms with Crippen LogP contribution in [0.2, 0.25) is 0 Å². The summed E-state index contributed by atoms with van der Waals surface area (Å²) in [6.45, 7) is 2.36. The zero-order valence-electron chi connectivity index (χ0n) is 11.8. The lowest BCUT2D eigenvalue weighted by Gasteiger charge is -2.19. The van der Waals surface area contributed by atoms with Crippen molar-refractivity contribution < 1.29 is 0 Å². The zero-order valence-corrected chi connectivity index (χ0v) is 13.4. The topological polar surface area (TPSA) is 41.3 Å². The Morgan fingerprint density at radius 3 is 2.85 bits per heavy atom. The van der Waals surface area contributed by atoms with E-state index >= 15 is 0 Å². The first-order chi connectivity index (χ1) is 9.69. The van der Waals surface area contributed by atoms with Gasteiger partial charge in [0.2, 0.25) is 0 Å². The molecule has 0 amide bonds. The molecule has 1 atom stereocenters. The molecule has 0 spiro atoms. The highest BCUT2D eigenvalue weighted by Crippen LogP contribution is 2.32.